The van der Waals surface area contributed by atoms with E-state index in [1.807, 2.05) is 0 Å². The topological polar surface area (TPSA) is 108 Å². The van der Waals surface area contributed by atoms with Crippen molar-refractivity contribution in [3.8, 4) is 0 Å². The zero-order valence-corrected chi connectivity index (χ0v) is 19.0. The van der Waals surface area contributed by atoms with Gasteiger partial charge in [0, 0.05) is 52.4 Å². The molecule has 2 amide bonds. The third-order valence-corrected chi connectivity index (χ3v) is 9.78. The second kappa shape index (κ2) is 9.02. The Morgan fingerprint density at radius 3 is 1.55 bits per heavy atom. The molecule has 10 nitrogen and oxygen atoms in total. The highest BCUT2D eigenvalue weighted by molar-refractivity contribution is 7.89. The predicted molar refractivity (Wildman–Crippen MR) is 113 cm³/mol. The Morgan fingerprint density at radius 1 is 0.645 bits per heavy atom. The Labute approximate surface area is 183 Å². The minimum atomic E-state index is -3.76. The number of hydrogen-bond acceptors (Lipinski definition) is 6. The highest BCUT2D eigenvalue weighted by atomic mass is 32.2. The van der Waals surface area contributed by atoms with E-state index in [0.29, 0.717) is 52.5 Å². The number of benzene rings is 1. The highest BCUT2D eigenvalue weighted by Crippen LogP contribution is 2.24. The Morgan fingerprint density at radius 2 is 1.06 bits per heavy atom. The fourth-order valence-corrected chi connectivity index (χ4v) is 7.02. The Hall–Kier alpha value is -1.73. The van der Waals surface area contributed by atoms with Gasteiger partial charge in [-0.05, 0) is 37.1 Å². The van der Waals surface area contributed by atoms with Gasteiger partial charge in [0.15, 0.2) is 0 Å². The molecular formula is C19H28N4O6S2. The van der Waals surface area contributed by atoms with Crippen LogP contribution in [0.4, 0.5) is 4.79 Å². The van der Waals surface area contributed by atoms with Crippen molar-refractivity contribution in [1.29, 1.82) is 0 Å². The number of sulfonamides is 2. The highest BCUT2D eigenvalue weighted by Gasteiger charge is 2.33. The van der Waals surface area contributed by atoms with E-state index in [9.17, 15) is 21.6 Å². The van der Waals surface area contributed by atoms with Gasteiger partial charge in [-0.3, -0.25) is 0 Å². The lowest BCUT2D eigenvalue weighted by Gasteiger charge is -2.38. The van der Waals surface area contributed by atoms with Crippen molar-refractivity contribution in [1.82, 2.24) is 18.4 Å². The van der Waals surface area contributed by atoms with Gasteiger partial charge in [0.05, 0.1) is 23.0 Å². The van der Waals surface area contributed by atoms with E-state index in [-0.39, 0.29) is 28.9 Å². The molecular weight excluding hydrogens is 444 g/mol. The standard InChI is InChI=1S/C19H28N4O6S2/c24-19(21-13-15-29-16-14-21)20-9-11-23(12-10-20)31(27,28)18-5-3-17(4-6-18)30(25,26)22-7-1-2-8-22/h3-6H,1-2,7-16H2. The molecule has 3 aliphatic rings. The van der Waals surface area contributed by atoms with Crippen LogP contribution >= 0.6 is 0 Å². The number of nitrogens with zero attached hydrogens (tertiary/aromatic N) is 4. The largest absolute Gasteiger partial charge is 0.378 e. The average molecular weight is 473 g/mol. The van der Waals surface area contributed by atoms with Gasteiger partial charge in [-0.2, -0.15) is 8.61 Å². The third-order valence-electron chi connectivity index (χ3n) is 5.96. The first-order chi connectivity index (χ1) is 14.8. The SMILES string of the molecule is O=C(N1CCOCC1)N1CCN(S(=O)(=O)c2ccc(S(=O)(=O)N3CCCC3)cc2)CC1. The molecule has 0 spiro atoms. The second-order valence-corrected chi connectivity index (χ2v) is 11.7. The summed E-state index contributed by atoms with van der Waals surface area (Å²) in [6.07, 6.45) is 1.68. The number of carbonyl (C=O) groups is 1. The molecule has 0 atom stereocenters. The Kier molecular flexibility index (Phi) is 6.54. The summed E-state index contributed by atoms with van der Waals surface area (Å²) in [6.45, 7) is 4.15. The molecule has 0 radical (unpaired) electrons. The smallest absolute Gasteiger partial charge is 0.320 e. The maximum Gasteiger partial charge on any atom is 0.320 e. The van der Waals surface area contributed by atoms with Gasteiger partial charge in [0.1, 0.15) is 0 Å². The first-order valence-electron chi connectivity index (χ1n) is 10.5. The lowest BCUT2D eigenvalue weighted by Crippen LogP contribution is -2.55. The molecule has 3 heterocycles. The lowest BCUT2D eigenvalue weighted by molar-refractivity contribution is 0.0405. The molecule has 3 saturated heterocycles. The number of carbonyl (C=O) groups excluding carboxylic acids is 1. The molecule has 4 rings (SSSR count). The van der Waals surface area contributed by atoms with Crippen LogP contribution in [0.1, 0.15) is 12.8 Å². The van der Waals surface area contributed by atoms with Gasteiger partial charge in [0.2, 0.25) is 20.0 Å². The van der Waals surface area contributed by atoms with Crippen molar-refractivity contribution >= 4 is 26.1 Å². The monoisotopic (exact) mass is 472 g/mol. The van der Waals surface area contributed by atoms with Crippen molar-refractivity contribution in [3.05, 3.63) is 24.3 Å². The van der Waals surface area contributed by atoms with Crippen molar-refractivity contribution in [2.45, 2.75) is 22.6 Å². The van der Waals surface area contributed by atoms with E-state index in [1.165, 1.54) is 32.9 Å². The van der Waals surface area contributed by atoms with Gasteiger partial charge in [-0.15, -0.1) is 0 Å². The number of urea groups is 1. The van der Waals surface area contributed by atoms with Crippen molar-refractivity contribution < 1.29 is 26.4 Å². The molecule has 1 aromatic rings. The molecule has 1 aromatic carbocycles. The first-order valence-corrected chi connectivity index (χ1v) is 13.4. The summed E-state index contributed by atoms with van der Waals surface area (Å²) in [5.74, 6) is 0. The maximum atomic E-state index is 13.0. The van der Waals surface area contributed by atoms with Crippen LogP contribution in [0, 0.1) is 0 Å². The van der Waals surface area contributed by atoms with E-state index in [4.69, 9.17) is 4.74 Å². The van der Waals surface area contributed by atoms with Crippen LogP contribution in [0.3, 0.4) is 0 Å². The second-order valence-electron chi connectivity index (χ2n) is 7.86. The number of piperazine rings is 1. The normalized spacial score (nSPS) is 22.1. The van der Waals surface area contributed by atoms with Gasteiger partial charge in [0.25, 0.3) is 0 Å². The van der Waals surface area contributed by atoms with Gasteiger partial charge in [-0.1, -0.05) is 0 Å². The Balaban J connectivity index is 1.40. The minimum absolute atomic E-state index is 0.0563. The van der Waals surface area contributed by atoms with Crippen molar-refractivity contribution in [3.63, 3.8) is 0 Å². The van der Waals surface area contributed by atoms with Crippen LogP contribution < -0.4 is 0 Å². The summed E-state index contributed by atoms with van der Waals surface area (Å²) in [6, 6.07) is 5.33. The summed E-state index contributed by atoms with van der Waals surface area (Å²) < 4.78 is 59.4. The zero-order valence-electron chi connectivity index (χ0n) is 17.3. The van der Waals surface area contributed by atoms with Crippen LogP contribution in [0.5, 0.6) is 0 Å². The molecule has 0 saturated carbocycles. The molecule has 0 N–H and O–H groups in total. The van der Waals surface area contributed by atoms with Crippen LogP contribution in [-0.2, 0) is 24.8 Å². The fourth-order valence-electron chi connectivity index (χ4n) is 4.08. The van der Waals surface area contributed by atoms with E-state index < -0.39 is 20.0 Å². The number of amides is 2. The summed E-state index contributed by atoms with van der Waals surface area (Å²) in [5, 5.41) is 0. The zero-order chi connectivity index (χ0) is 22.1. The minimum Gasteiger partial charge on any atom is -0.378 e. The number of hydrogen-bond donors (Lipinski definition) is 0. The first kappa shape index (κ1) is 22.5. The fraction of sp³-hybridized carbons (Fsp3) is 0.632. The molecule has 12 heteroatoms. The molecule has 3 aliphatic heterocycles. The molecule has 172 valence electrons. The van der Waals surface area contributed by atoms with E-state index in [2.05, 4.69) is 0 Å². The molecule has 0 unspecified atom stereocenters. The van der Waals surface area contributed by atoms with Crippen molar-refractivity contribution in [2.24, 2.45) is 0 Å². The predicted octanol–water partition coefficient (Wildman–Crippen LogP) is 0.230. The van der Waals surface area contributed by atoms with Crippen molar-refractivity contribution in [2.75, 3.05) is 65.6 Å². The Bertz CT molecular complexity index is 992. The molecule has 0 bridgehead atoms. The number of rotatable bonds is 4. The van der Waals surface area contributed by atoms with Crippen LogP contribution in [0.25, 0.3) is 0 Å². The van der Waals surface area contributed by atoms with E-state index in [0.717, 1.165) is 12.8 Å². The van der Waals surface area contributed by atoms with E-state index >= 15 is 0 Å². The maximum absolute atomic E-state index is 13.0. The lowest BCUT2D eigenvalue weighted by atomic mass is 10.3. The molecule has 31 heavy (non-hydrogen) atoms. The quantitative estimate of drug-likeness (QED) is 0.621. The van der Waals surface area contributed by atoms with E-state index in [1.54, 1.807) is 9.80 Å². The van der Waals surface area contributed by atoms with Crippen LogP contribution in [-0.4, -0.2) is 107 Å². The number of morpholine rings is 1. The molecule has 0 aromatic heterocycles. The molecule has 3 fully saturated rings. The summed E-state index contributed by atoms with van der Waals surface area (Å²) in [4.78, 5) is 16.1. The van der Waals surface area contributed by atoms with Gasteiger partial charge in [-0.25, -0.2) is 21.6 Å². The summed E-state index contributed by atoms with van der Waals surface area (Å²) >= 11 is 0. The number of ether oxygens (including phenoxy) is 1. The van der Waals surface area contributed by atoms with Gasteiger partial charge >= 0.3 is 6.03 Å². The third kappa shape index (κ3) is 4.58. The summed E-state index contributed by atoms with van der Waals surface area (Å²) in [5.41, 5.74) is 0. The van der Waals surface area contributed by atoms with Crippen LogP contribution in [0.15, 0.2) is 34.1 Å². The molecule has 0 aliphatic carbocycles. The van der Waals surface area contributed by atoms with Gasteiger partial charge < -0.3 is 14.5 Å². The summed E-state index contributed by atoms with van der Waals surface area (Å²) in [7, 11) is -7.35. The van der Waals surface area contributed by atoms with Crippen LogP contribution in [0.2, 0.25) is 0 Å². The average Bonchev–Trinajstić information content (AvgIpc) is 3.35.